The van der Waals surface area contributed by atoms with Crippen LogP contribution in [0.25, 0.3) is 11.3 Å². The van der Waals surface area contributed by atoms with E-state index >= 15 is 0 Å². The lowest BCUT2D eigenvalue weighted by atomic mass is 9.90. The van der Waals surface area contributed by atoms with Crippen LogP contribution < -0.4 is 35.2 Å². The monoisotopic (exact) mass is 988 g/mol. The number of pyridine rings is 2. The van der Waals surface area contributed by atoms with Crippen molar-refractivity contribution < 1.29 is 33.8 Å². The number of aromatic nitrogens is 5. The molecule has 20 heteroatoms. The fraction of sp³-hybridized carbons (Fsp3) is 0.451. The van der Waals surface area contributed by atoms with E-state index in [-0.39, 0.29) is 41.8 Å². The van der Waals surface area contributed by atoms with Gasteiger partial charge in [-0.15, -0.1) is 0 Å². The Labute approximate surface area is 414 Å². The van der Waals surface area contributed by atoms with Crippen LogP contribution in [0.4, 0.5) is 34.4 Å². The van der Waals surface area contributed by atoms with Gasteiger partial charge in [0.15, 0.2) is 5.82 Å². The van der Waals surface area contributed by atoms with Crippen molar-refractivity contribution in [1.82, 2.24) is 34.5 Å². The molecule has 376 valence electrons. The maximum atomic E-state index is 14.1. The number of piperazine rings is 1. The minimum absolute atomic E-state index is 0.106. The van der Waals surface area contributed by atoms with Crippen LogP contribution in [0, 0.1) is 5.41 Å². The van der Waals surface area contributed by atoms with Crippen molar-refractivity contribution in [3.05, 3.63) is 102 Å². The molecule has 71 heavy (non-hydrogen) atoms. The molecule has 0 bridgehead atoms. The van der Waals surface area contributed by atoms with Gasteiger partial charge in [-0.05, 0) is 113 Å². The number of hydrogen-bond donors (Lipinski definition) is 6. The number of carbonyl (C=O) groups is 2. The average molecular weight is 989 g/mol. The number of fused-ring (bicyclic) bond motifs is 3. The molecule has 5 aromatic rings. The Morgan fingerprint density at radius 3 is 2.49 bits per heavy atom. The van der Waals surface area contributed by atoms with Crippen molar-refractivity contribution >= 4 is 53.9 Å². The molecule has 4 aliphatic rings. The Kier molecular flexibility index (Phi) is 13.6. The van der Waals surface area contributed by atoms with Gasteiger partial charge in [-0.1, -0.05) is 20.4 Å². The van der Waals surface area contributed by atoms with Gasteiger partial charge >= 0.3 is 7.75 Å². The molecular weight excluding hydrogens is 924 g/mol. The number of amides is 2. The smallest absolute Gasteiger partial charge is 0.401 e. The molecule has 3 atom stereocenters. The Morgan fingerprint density at radius 1 is 0.986 bits per heavy atom. The lowest BCUT2D eigenvalue weighted by Crippen LogP contribution is -2.58. The number of nitrogens with zero attached hydrogens (tertiary/aromatic N) is 9. The van der Waals surface area contributed by atoms with E-state index < -0.39 is 13.3 Å². The maximum absolute atomic E-state index is 14.1. The third kappa shape index (κ3) is 10.2. The van der Waals surface area contributed by atoms with Crippen LogP contribution in [0.15, 0.2) is 73.7 Å². The summed E-state index contributed by atoms with van der Waals surface area (Å²) in [6.07, 6.45) is 9.87. The Hall–Kier alpha value is -6.21. The summed E-state index contributed by atoms with van der Waals surface area (Å²) in [5.41, 5.74) is 7.27. The Bertz CT molecular complexity index is 2920. The highest BCUT2D eigenvalue weighted by Crippen LogP contribution is 2.42. The van der Waals surface area contributed by atoms with E-state index in [2.05, 4.69) is 84.2 Å². The number of aliphatic hydroxyl groups excluding tert-OH is 1. The summed E-state index contributed by atoms with van der Waals surface area (Å²) >= 11 is 0. The second-order valence-electron chi connectivity index (χ2n) is 20.5. The number of methoxy groups -OCH3 is 1. The second-order valence-corrected chi connectivity index (χ2v) is 21.9. The fourth-order valence-corrected chi connectivity index (χ4v) is 12.0. The van der Waals surface area contributed by atoms with Crippen LogP contribution in [0.2, 0.25) is 0 Å². The summed E-state index contributed by atoms with van der Waals surface area (Å²) in [6, 6.07) is 14.1. The number of rotatable bonds is 14. The molecule has 3 aliphatic heterocycles. The zero-order chi connectivity index (χ0) is 50.6. The van der Waals surface area contributed by atoms with E-state index in [1.54, 1.807) is 43.4 Å². The van der Waals surface area contributed by atoms with E-state index in [9.17, 15) is 29.0 Å². The van der Waals surface area contributed by atoms with Crippen molar-refractivity contribution in [1.29, 1.82) is 0 Å². The van der Waals surface area contributed by atoms with Gasteiger partial charge in [-0.3, -0.25) is 24.4 Å². The van der Waals surface area contributed by atoms with E-state index in [4.69, 9.17) is 9.72 Å². The van der Waals surface area contributed by atoms with Crippen molar-refractivity contribution in [2.75, 3.05) is 65.2 Å². The molecule has 2 fully saturated rings. The SMILES string of the molecule is C=CC(=O)Nc1cc(Nc2nc(-c3ccnc(N4CCn5c(cc6c5CC(C)(C)C6)C4=O)c3CO)cnc2OC)ccc1N1CCN(C2CCN(c3ccnc(C(C)(C)NP(=O)(O)O)c3)[C@@H](C)C2)C[C@@H]1C. The molecule has 0 saturated carbocycles. The topological polar surface area (TPSA) is 227 Å². The maximum Gasteiger partial charge on any atom is 0.401 e. The predicted octanol–water partition coefficient (Wildman–Crippen LogP) is 6.37. The molecular formula is C51H65N12O7P. The molecule has 0 radical (unpaired) electrons. The highest BCUT2D eigenvalue weighted by molar-refractivity contribution is 7.49. The molecule has 2 saturated heterocycles. The molecule has 9 rings (SSSR count). The first-order valence-electron chi connectivity index (χ1n) is 24.2. The van der Waals surface area contributed by atoms with Gasteiger partial charge in [0, 0.05) is 98.0 Å². The molecule has 7 heterocycles. The van der Waals surface area contributed by atoms with Crippen LogP contribution in [-0.4, -0.2) is 114 Å². The van der Waals surface area contributed by atoms with Crippen LogP contribution >= 0.6 is 7.75 Å². The third-order valence-electron chi connectivity index (χ3n) is 14.5. The number of carbonyl (C=O) groups excluding carboxylic acids is 2. The summed E-state index contributed by atoms with van der Waals surface area (Å²) in [7, 11) is -2.98. The van der Waals surface area contributed by atoms with Gasteiger partial charge in [0.2, 0.25) is 5.91 Å². The third-order valence-corrected chi connectivity index (χ3v) is 15.3. The molecule has 1 unspecified atom stereocenters. The average Bonchev–Trinajstić information content (AvgIpc) is 3.82. The van der Waals surface area contributed by atoms with Gasteiger partial charge in [-0.2, -0.15) is 0 Å². The highest BCUT2D eigenvalue weighted by Gasteiger charge is 2.39. The van der Waals surface area contributed by atoms with E-state index in [1.807, 2.05) is 36.4 Å². The molecule has 0 spiro atoms. The molecule has 19 nitrogen and oxygen atoms in total. The highest BCUT2D eigenvalue weighted by atomic mass is 31.2. The van der Waals surface area contributed by atoms with Gasteiger partial charge < -0.3 is 44.6 Å². The Balaban J connectivity index is 0.903. The predicted molar refractivity (Wildman–Crippen MR) is 274 cm³/mol. The molecule has 1 aliphatic carbocycles. The van der Waals surface area contributed by atoms with Crippen molar-refractivity contribution in [2.24, 2.45) is 5.41 Å². The summed E-state index contributed by atoms with van der Waals surface area (Å²) < 4.78 is 19.6. The van der Waals surface area contributed by atoms with Crippen molar-refractivity contribution in [2.45, 2.75) is 104 Å². The minimum atomic E-state index is -4.48. The van der Waals surface area contributed by atoms with E-state index in [1.165, 1.54) is 24.4 Å². The van der Waals surface area contributed by atoms with Crippen molar-refractivity contribution in [3.8, 4) is 17.1 Å². The van der Waals surface area contributed by atoms with E-state index in [0.717, 1.165) is 63.2 Å². The van der Waals surface area contributed by atoms with Crippen LogP contribution in [-0.2, 0) is 40.9 Å². The van der Waals surface area contributed by atoms with Gasteiger partial charge in [0.1, 0.15) is 11.5 Å². The van der Waals surface area contributed by atoms with Crippen LogP contribution in [0.3, 0.4) is 0 Å². The lowest BCUT2D eigenvalue weighted by Gasteiger charge is -2.48. The van der Waals surface area contributed by atoms with Crippen LogP contribution in [0.1, 0.15) is 87.4 Å². The number of nitrogens with one attached hydrogen (secondary N) is 3. The van der Waals surface area contributed by atoms with Gasteiger partial charge in [-0.25, -0.2) is 24.6 Å². The number of hydrogen-bond acceptors (Lipinski definition) is 13. The minimum Gasteiger partial charge on any atom is -0.478 e. The first-order chi connectivity index (χ1) is 33.8. The quantitative estimate of drug-likeness (QED) is 0.0525. The summed E-state index contributed by atoms with van der Waals surface area (Å²) in [4.78, 5) is 73.7. The summed E-state index contributed by atoms with van der Waals surface area (Å²) in [5, 5.41) is 19.7. The lowest BCUT2D eigenvalue weighted by molar-refractivity contribution is -0.111. The number of piperidine rings is 1. The molecule has 4 aromatic heterocycles. The standard InChI is InChI=1S/C51H65N12O7P/c1-9-45(65)56-39-24-34(10-11-41(39)61-19-18-59(29-32(61)3)35-14-17-60(31(2)22-35)36-12-15-52-44(25-36)51(6,7)58-71(67,68)69)55-46-48(70-8)54-28-40(57-46)37-13-16-53-47(38(37)30-64)63-21-20-62-42(49(63)66)23-33-26-50(4,5)27-43(33)62/h9-13,15-16,23-25,28,31-32,35,64H,1,14,17-22,26-27,29-30H2,2-8H3,(H,55,57)(H,56,65)(H3,58,67,68,69)/t31-,32-,35?/m0/s1. The Morgan fingerprint density at radius 2 is 1.77 bits per heavy atom. The molecule has 6 N–H and O–H groups in total. The summed E-state index contributed by atoms with van der Waals surface area (Å²) in [5.74, 6) is 0.405. The van der Waals surface area contributed by atoms with Crippen molar-refractivity contribution in [3.63, 3.8) is 0 Å². The van der Waals surface area contributed by atoms with Gasteiger partial charge in [0.25, 0.3) is 11.8 Å². The van der Waals surface area contributed by atoms with E-state index in [0.29, 0.717) is 70.4 Å². The second kappa shape index (κ2) is 19.4. The summed E-state index contributed by atoms with van der Waals surface area (Å²) in [6.45, 7) is 19.9. The largest absolute Gasteiger partial charge is 0.478 e. The number of anilines is 6. The number of benzene rings is 1. The zero-order valence-corrected chi connectivity index (χ0v) is 42.4. The molecule has 1 aromatic carbocycles. The van der Waals surface area contributed by atoms with Crippen LogP contribution in [0.5, 0.6) is 5.88 Å². The fourth-order valence-electron chi connectivity index (χ4n) is 11.1. The normalized spacial score (nSPS) is 20.4. The first kappa shape index (κ1) is 49.8. The zero-order valence-electron chi connectivity index (χ0n) is 41.5. The number of aliphatic hydroxyl groups is 1. The first-order valence-corrected chi connectivity index (χ1v) is 25.8. The number of ether oxygens (including phenoxy) is 1. The van der Waals surface area contributed by atoms with Gasteiger partial charge in [0.05, 0.1) is 48.2 Å². The molecule has 2 amide bonds.